The maximum atomic E-state index is 12.9. The molecule has 9 nitrogen and oxygen atoms in total. The lowest BCUT2D eigenvalue weighted by Gasteiger charge is -2.26. The fourth-order valence-corrected chi connectivity index (χ4v) is 8.25. The van der Waals surface area contributed by atoms with Gasteiger partial charge in [0.15, 0.2) is 12.4 Å². The van der Waals surface area contributed by atoms with Crippen molar-refractivity contribution in [1.29, 1.82) is 0 Å². The van der Waals surface area contributed by atoms with Gasteiger partial charge >= 0.3 is 11.9 Å². The minimum Gasteiger partial charge on any atom is -0.545 e. The quantitative estimate of drug-likeness (QED) is 0.0195. The van der Waals surface area contributed by atoms with Crippen LogP contribution in [-0.4, -0.2) is 82.3 Å². The number of ether oxygens (including phenoxy) is 4. The van der Waals surface area contributed by atoms with Gasteiger partial charge < -0.3 is 33.3 Å². The maximum absolute atomic E-state index is 12.9. The van der Waals surface area contributed by atoms with Crippen molar-refractivity contribution in [3.8, 4) is 0 Å². The molecule has 0 aliphatic heterocycles. The molecule has 0 spiro atoms. The van der Waals surface area contributed by atoms with Crippen LogP contribution < -0.4 is 5.11 Å². The molecule has 2 atom stereocenters. The molecule has 458 valence electrons. The number of allylic oxidation sites excluding steroid dienone is 24. The van der Waals surface area contributed by atoms with Gasteiger partial charge in [-0.15, -0.1) is 0 Å². The Bertz CT molecular complexity index is 1840. The second-order valence-electron chi connectivity index (χ2n) is 21.9. The van der Waals surface area contributed by atoms with Crippen molar-refractivity contribution in [2.24, 2.45) is 0 Å². The lowest BCUT2D eigenvalue weighted by Crippen LogP contribution is -2.44. The molecule has 0 amide bonds. The molecule has 81 heavy (non-hydrogen) atoms. The average Bonchev–Trinajstić information content (AvgIpc) is 3.44. The Labute approximate surface area is 496 Å². The summed E-state index contributed by atoms with van der Waals surface area (Å²) in [6.07, 6.45) is 86.1. The molecular formula is C72H117NO8. The van der Waals surface area contributed by atoms with E-state index in [4.69, 9.17) is 18.9 Å². The van der Waals surface area contributed by atoms with Crippen LogP contribution in [0.2, 0.25) is 0 Å². The highest BCUT2D eigenvalue weighted by molar-refractivity contribution is 5.70. The number of aliphatic carboxylic acids is 1. The van der Waals surface area contributed by atoms with Crippen molar-refractivity contribution in [1.82, 2.24) is 0 Å². The fourth-order valence-electron chi connectivity index (χ4n) is 8.25. The number of hydrogen-bond donors (Lipinski definition) is 0. The molecule has 0 N–H and O–H groups in total. The van der Waals surface area contributed by atoms with Crippen LogP contribution in [0.4, 0.5) is 0 Å². The van der Waals surface area contributed by atoms with E-state index in [2.05, 4.69) is 160 Å². The molecule has 0 bridgehead atoms. The van der Waals surface area contributed by atoms with Gasteiger partial charge in [0.1, 0.15) is 13.2 Å². The summed E-state index contributed by atoms with van der Waals surface area (Å²) in [7, 11) is 5.91. The summed E-state index contributed by atoms with van der Waals surface area (Å²) in [6.45, 7) is 4.49. The Morgan fingerprint density at radius 2 is 0.667 bits per heavy atom. The predicted octanol–water partition coefficient (Wildman–Crippen LogP) is 18.2. The summed E-state index contributed by atoms with van der Waals surface area (Å²) in [4.78, 5) is 37.4. The number of carbonyl (C=O) groups is 3. The van der Waals surface area contributed by atoms with Crippen molar-refractivity contribution in [2.45, 2.75) is 245 Å². The van der Waals surface area contributed by atoms with Gasteiger partial charge in [0.2, 0.25) is 0 Å². The number of hydrogen-bond acceptors (Lipinski definition) is 8. The number of rotatable bonds is 57. The zero-order valence-corrected chi connectivity index (χ0v) is 52.1. The van der Waals surface area contributed by atoms with Crippen LogP contribution in [-0.2, 0) is 33.3 Å². The third-order valence-electron chi connectivity index (χ3n) is 13.1. The second kappa shape index (κ2) is 61.2. The van der Waals surface area contributed by atoms with Gasteiger partial charge in [0, 0.05) is 12.8 Å². The standard InChI is InChI=1S/C72H117NO8/c1-6-8-10-12-14-16-18-20-22-24-26-28-30-32-33-34-35-36-37-39-41-43-45-47-49-51-53-55-57-59-61-63-70(75)81-68(67-80-72(71(76)77)78-65-64-73(3,4)5)66-79-69(74)62-60-58-56-54-52-50-48-46-44-42-40-38-31-29-27-25-23-21-19-17-15-13-11-9-7-2/h8-11,14-17,20-23,26-29,32-33,35-36,38-41,68,72H,6-7,12-13,18-19,24-25,30-31,34,37,42-67H2,1-5H3/b10-8-,11-9-,16-14-,17-15-,22-20-,23-21-,28-26-,29-27-,33-32-,36-35-,40-38-,41-39-. The Balaban J connectivity index is 4.26. The largest absolute Gasteiger partial charge is 0.545 e. The lowest BCUT2D eigenvalue weighted by molar-refractivity contribution is -0.870. The molecule has 0 aliphatic carbocycles. The smallest absolute Gasteiger partial charge is 0.306 e. The van der Waals surface area contributed by atoms with E-state index < -0.39 is 24.3 Å². The van der Waals surface area contributed by atoms with Gasteiger partial charge in [-0.25, -0.2) is 0 Å². The zero-order chi connectivity index (χ0) is 59.1. The van der Waals surface area contributed by atoms with Crippen LogP contribution in [0.25, 0.3) is 0 Å². The van der Waals surface area contributed by atoms with Gasteiger partial charge in [-0.3, -0.25) is 9.59 Å². The molecule has 0 saturated carbocycles. The first kappa shape index (κ1) is 76.2. The lowest BCUT2D eigenvalue weighted by atomic mass is 10.1. The van der Waals surface area contributed by atoms with Gasteiger partial charge in [0.05, 0.1) is 40.3 Å². The van der Waals surface area contributed by atoms with Crippen molar-refractivity contribution in [3.05, 3.63) is 146 Å². The number of quaternary nitrogens is 1. The number of nitrogens with zero attached hydrogens (tertiary/aromatic N) is 1. The van der Waals surface area contributed by atoms with Crippen LogP contribution >= 0.6 is 0 Å². The van der Waals surface area contributed by atoms with Crippen LogP contribution in [0.3, 0.4) is 0 Å². The number of likely N-dealkylation sites (N-methyl/N-ethyl adjacent to an activating group) is 1. The first-order valence-electron chi connectivity index (χ1n) is 32.0. The summed E-state index contributed by atoms with van der Waals surface area (Å²) in [5.41, 5.74) is 0. The molecule has 0 heterocycles. The molecule has 0 rings (SSSR count). The van der Waals surface area contributed by atoms with E-state index in [-0.39, 0.29) is 38.6 Å². The molecule has 0 aliphatic rings. The zero-order valence-electron chi connectivity index (χ0n) is 52.1. The number of carboxylic acid groups (broad SMARTS) is 1. The molecule has 0 aromatic heterocycles. The number of esters is 2. The number of carboxylic acids is 1. The Morgan fingerprint density at radius 3 is 0.988 bits per heavy atom. The second-order valence-corrected chi connectivity index (χ2v) is 21.9. The van der Waals surface area contributed by atoms with Crippen molar-refractivity contribution in [3.63, 3.8) is 0 Å². The molecule has 2 unspecified atom stereocenters. The van der Waals surface area contributed by atoms with E-state index in [1.165, 1.54) is 64.2 Å². The van der Waals surface area contributed by atoms with Gasteiger partial charge in [-0.05, 0) is 116 Å². The van der Waals surface area contributed by atoms with E-state index in [1.807, 2.05) is 21.1 Å². The first-order valence-corrected chi connectivity index (χ1v) is 32.0. The summed E-state index contributed by atoms with van der Waals surface area (Å²) in [6, 6.07) is 0. The number of carbonyl (C=O) groups excluding carboxylic acids is 3. The van der Waals surface area contributed by atoms with E-state index in [9.17, 15) is 19.5 Å². The fraction of sp³-hybridized carbons (Fsp3) is 0.625. The van der Waals surface area contributed by atoms with E-state index in [0.29, 0.717) is 17.4 Å². The Kier molecular flexibility index (Phi) is 57.6. The Morgan fingerprint density at radius 1 is 0.370 bits per heavy atom. The minimum absolute atomic E-state index is 0.137. The minimum atomic E-state index is -1.63. The van der Waals surface area contributed by atoms with E-state index >= 15 is 0 Å². The normalized spacial score (nSPS) is 13.7. The SMILES string of the molecule is CC/C=C\C/C=C\C/C=C\C/C=C\C/C=C\C/C=C\C/C=C\CCCCCCCCCCCC(=O)OC(COC(=O)CCCCCCCCCCC/C=C\C/C=C\C/C=C\C/C=C\C/C=C\CC)COC(OCC[N+](C)(C)C)C(=O)[O-]. The van der Waals surface area contributed by atoms with Crippen LogP contribution in [0.1, 0.15) is 232 Å². The molecular weight excluding hydrogens is 1010 g/mol. The van der Waals surface area contributed by atoms with E-state index in [0.717, 1.165) is 135 Å². The first-order chi connectivity index (χ1) is 39.6. The highest BCUT2D eigenvalue weighted by atomic mass is 16.7. The topological polar surface area (TPSA) is 111 Å². The third kappa shape index (κ3) is 62.6. The molecule has 0 saturated heterocycles. The van der Waals surface area contributed by atoms with Crippen molar-refractivity contribution >= 4 is 17.9 Å². The molecule has 9 heteroatoms. The van der Waals surface area contributed by atoms with Crippen molar-refractivity contribution < 1.29 is 42.9 Å². The summed E-state index contributed by atoms with van der Waals surface area (Å²) < 4.78 is 22.7. The highest BCUT2D eigenvalue weighted by Gasteiger charge is 2.22. The maximum Gasteiger partial charge on any atom is 0.306 e. The van der Waals surface area contributed by atoms with Crippen LogP contribution in [0.5, 0.6) is 0 Å². The number of unbranched alkanes of at least 4 members (excludes halogenated alkanes) is 18. The predicted molar refractivity (Wildman–Crippen MR) is 342 cm³/mol. The van der Waals surface area contributed by atoms with Gasteiger partial charge in [0.25, 0.3) is 0 Å². The third-order valence-corrected chi connectivity index (χ3v) is 13.1. The van der Waals surface area contributed by atoms with Gasteiger partial charge in [-0.1, -0.05) is 250 Å². The van der Waals surface area contributed by atoms with Crippen LogP contribution in [0.15, 0.2) is 146 Å². The molecule has 0 aromatic carbocycles. The Hall–Kier alpha value is -4.83. The van der Waals surface area contributed by atoms with Gasteiger partial charge in [-0.2, -0.15) is 0 Å². The summed E-state index contributed by atoms with van der Waals surface area (Å²) >= 11 is 0. The van der Waals surface area contributed by atoms with E-state index in [1.54, 1.807) is 0 Å². The van der Waals surface area contributed by atoms with Crippen LogP contribution in [0, 0.1) is 0 Å². The highest BCUT2D eigenvalue weighted by Crippen LogP contribution is 2.15. The monoisotopic (exact) mass is 1120 g/mol. The molecule has 0 fully saturated rings. The summed E-state index contributed by atoms with van der Waals surface area (Å²) in [5, 5.41) is 11.8. The molecule has 0 aromatic rings. The molecule has 0 radical (unpaired) electrons. The average molecular weight is 1120 g/mol. The summed E-state index contributed by atoms with van der Waals surface area (Å²) in [5.74, 6) is -2.31. The van der Waals surface area contributed by atoms with Crippen molar-refractivity contribution in [2.75, 3.05) is 47.5 Å².